The smallest absolute Gasteiger partial charge is 0.385 e. The van der Waals surface area contributed by atoms with E-state index in [9.17, 15) is 18.3 Å². The molecule has 1 fully saturated rings. The van der Waals surface area contributed by atoms with Gasteiger partial charge < -0.3 is 9.84 Å². The third kappa shape index (κ3) is 2.99. The first kappa shape index (κ1) is 15.3. The molecule has 0 aliphatic heterocycles. The maximum atomic E-state index is 12.7. The summed E-state index contributed by atoms with van der Waals surface area (Å²) in [6, 6.07) is 3.56. The molecule has 112 valence electrons. The largest absolute Gasteiger partial charge is 0.416 e. The van der Waals surface area contributed by atoms with Crippen LogP contribution in [0.5, 0.6) is 0 Å². The first-order valence-corrected chi connectivity index (χ1v) is 6.70. The van der Waals surface area contributed by atoms with E-state index in [1.54, 1.807) is 14.0 Å². The number of methoxy groups -OCH3 is 1. The topological polar surface area (TPSA) is 29.5 Å². The van der Waals surface area contributed by atoms with Crippen molar-refractivity contribution < 1.29 is 23.0 Å². The summed E-state index contributed by atoms with van der Waals surface area (Å²) in [5.74, 6) is 0. The molecule has 1 saturated carbocycles. The second-order valence-corrected chi connectivity index (χ2v) is 5.49. The molecule has 5 heteroatoms. The van der Waals surface area contributed by atoms with Gasteiger partial charge in [0.1, 0.15) is 0 Å². The fraction of sp³-hybridized carbons (Fsp3) is 0.600. The fourth-order valence-corrected chi connectivity index (χ4v) is 2.94. The van der Waals surface area contributed by atoms with Gasteiger partial charge in [-0.15, -0.1) is 0 Å². The molecule has 2 nitrogen and oxygen atoms in total. The first-order valence-electron chi connectivity index (χ1n) is 6.70. The van der Waals surface area contributed by atoms with Gasteiger partial charge in [0.25, 0.3) is 0 Å². The van der Waals surface area contributed by atoms with E-state index in [1.165, 1.54) is 6.07 Å². The summed E-state index contributed by atoms with van der Waals surface area (Å²) in [6.45, 7) is 1.62. The lowest BCUT2D eigenvalue weighted by Crippen LogP contribution is -2.34. The van der Waals surface area contributed by atoms with E-state index in [1.807, 2.05) is 0 Å². The number of hydrogen-bond acceptors (Lipinski definition) is 2. The van der Waals surface area contributed by atoms with Gasteiger partial charge in [0.05, 0.1) is 17.3 Å². The summed E-state index contributed by atoms with van der Waals surface area (Å²) >= 11 is 0. The summed E-state index contributed by atoms with van der Waals surface area (Å²) in [5.41, 5.74) is -0.630. The van der Waals surface area contributed by atoms with Crippen molar-refractivity contribution in [3.05, 3.63) is 34.9 Å². The molecule has 20 heavy (non-hydrogen) atoms. The van der Waals surface area contributed by atoms with Crippen LogP contribution in [-0.2, 0) is 16.5 Å². The molecule has 0 heterocycles. The van der Waals surface area contributed by atoms with Gasteiger partial charge >= 0.3 is 6.18 Å². The zero-order valence-corrected chi connectivity index (χ0v) is 11.6. The van der Waals surface area contributed by atoms with Gasteiger partial charge in [-0.2, -0.15) is 13.2 Å². The lowest BCUT2D eigenvalue weighted by Gasteiger charge is -2.37. The van der Waals surface area contributed by atoms with E-state index in [2.05, 4.69) is 0 Å². The zero-order valence-electron chi connectivity index (χ0n) is 11.6. The van der Waals surface area contributed by atoms with Gasteiger partial charge in [0, 0.05) is 7.11 Å². The van der Waals surface area contributed by atoms with Gasteiger partial charge in [0.2, 0.25) is 0 Å². The lowest BCUT2D eigenvalue weighted by molar-refractivity contribution is -0.137. The molecule has 1 N–H and O–H groups in total. The number of rotatable bonds is 2. The molecule has 0 saturated heterocycles. The highest BCUT2D eigenvalue weighted by atomic mass is 19.4. The maximum absolute atomic E-state index is 12.7. The van der Waals surface area contributed by atoms with E-state index in [0.717, 1.165) is 12.1 Å². The Hall–Kier alpha value is -1.07. The molecular weight excluding hydrogens is 269 g/mol. The molecule has 1 aromatic carbocycles. The molecule has 0 amide bonds. The number of aryl methyl sites for hydroxylation is 1. The molecule has 0 radical (unpaired) electrons. The van der Waals surface area contributed by atoms with E-state index in [0.29, 0.717) is 36.8 Å². The molecule has 0 spiro atoms. The highest BCUT2D eigenvalue weighted by molar-refractivity contribution is 5.36. The summed E-state index contributed by atoms with van der Waals surface area (Å²) in [4.78, 5) is 0. The molecule has 0 unspecified atom stereocenters. The SMILES string of the molecule is COC1CCC(O)(c2ccc(C(F)(F)F)cc2C)CC1. The minimum absolute atomic E-state index is 0.130. The van der Waals surface area contributed by atoms with Crippen LogP contribution in [0.2, 0.25) is 0 Å². The molecule has 0 aromatic heterocycles. The molecule has 1 aromatic rings. The van der Waals surface area contributed by atoms with Crippen LogP contribution < -0.4 is 0 Å². The Morgan fingerprint density at radius 2 is 1.85 bits per heavy atom. The van der Waals surface area contributed by atoms with Gasteiger partial charge in [-0.1, -0.05) is 6.07 Å². The summed E-state index contributed by atoms with van der Waals surface area (Å²) < 4.78 is 43.2. The van der Waals surface area contributed by atoms with Crippen LogP contribution in [0.3, 0.4) is 0 Å². The molecular formula is C15H19F3O2. The number of hydrogen-bond donors (Lipinski definition) is 1. The Morgan fingerprint density at radius 1 is 1.25 bits per heavy atom. The predicted molar refractivity (Wildman–Crippen MR) is 69.3 cm³/mol. The summed E-state index contributed by atoms with van der Waals surface area (Å²) in [5, 5.41) is 10.7. The van der Waals surface area contributed by atoms with E-state index < -0.39 is 17.3 Å². The Kier molecular flexibility index (Phi) is 4.12. The molecule has 1 aliphatic carbocycles. The normalized spacial score (nSPS) is 27.6. The second kappa shape index (κ2) is 5.37. The van der Waals surface area contributed by atoms with Gasteiger partial charge in [-0.25, -0.2) is 0 Å². The van der Waals surface area contributed by atoms with Crippen molar-refractivity contribution in [2.24, 2.45) is 0 Å². The Labute approximate surface area is 116 Å². The zero-order chi connectivity index (χ0) is 15.0. The van der Waals surface area contributed by atoms with E-state index >= 15 is 0 Å². The quantitative estimate of drug-likeness (QED) is 0.897. The highest BCUT2D eigenvalue weighted by Gasteiger charge is 2.37. The van der Waals surface area contributed by atoms with Crippen LogP contribution in [0, 0.1) is 6.92 Å². The number of benzene rings is 1. The first-order chi connectivity index (χ1) is 9.26. The van der Waals surface area contributed by atoms with Crippen LogP contribution >= 0.6 is 0 Å². The van der Waals surface area contributed by atoms with Gasteiger partial charge in [0.15, 0.2) is 0 Å². The molecule has 2 rings (SSSR count). The monoisotopic (exact) mass is 288 g/mol. The molecule has 0 bridgehead atoms. The minimum Gasteiger partial charge on any atom is -0.385 e. The van der Waals surface area contributed by atoms with Crippen molar-refractivity contribution >= 4 is 0 Å². The van der Waals surface area contributed by atoms with Crippen molar-refractivity contribution in [2.45, 2.75) is 50.5 Å². The van der Waals surface area contributed by atoms with Crippen LogP contribution in [-0.4, -0.2) is 18.3 Å². The number of alkyl halides is 3. The average molecular weight is 288 g/mol. The standard InChI is InChI=1S/C15H19F3O2/c1-10-9-11(15(16,17)18)3-4-13(10)14(19)7-5-12(20-2)6-8-14/h3-4,9,12,19H,5-8H2,1-2H3. The molecule has 0 atom stereocenters. The van der Waals surface area contributed by atoms with Crippen LogP contribution in [0.1, 0.15) is 42.4 Å². The average Bonchev–Trinajstić information content (AvgIpc) is 2.38. The van der Waals surface area contributed by atoms with Crippen molar-refractivity contribution in [1.82, 2.24) is 0 Å². The maximum Gasteiger partial charge on any atom is 0.416 e. The third-order valence-corrected chi connectivity index (χ3v) is 4.15. The fourth-order valence-electron chi connectivity index (χ4n) is 2.94. The second-order valence-electron chi connectivity index (χ2n) is 5.49. The predicted octanol–water partition coefficient (Wildman–Crippen LogP) is 3.79. The van der Waals surface area contributed by atoms with Gasteiger partial charge in [-0.05, 0) is 55.9 Å². The van der Waals surface area contributed by atoms with Crippen LogP contribution in [0.15, 0.2) is 18.2 Å². The molecule has 1 aliphatic rings. The Balaban J connectivity index is 2.25. The summed E-state index contributed by atoms with van der Waals surface area (Å²) in [7, 11) is 1.64. The van der Waals surface area contributed by atoms with Crippen molar-refractivity contribution in [3.63, 3.8) is 0 Å². The minimum atomic E-state index is -4.35. The number of halogens is 3. The highest BCUT2D eigenvalue weighted by Crippen LogP contribution is 2.40. The van der Waals surface area contributed by atoms with Crippen molar-refractivity contribution in [1.29, 1.82) is 0 Å². The van der Waals surface area contributed by atoms with Gasteiger partial charge in [-0.3, -0.25) is 0 Å². The van der Waals surface area contributed by atoms with Crippen molar-refractivity contribution in [3.8, 4) is 0 Å². The van der Waals surface area contributed by atoms with Crippen LogP contribution in [0.4, 0.5) is 13.2 Å². The number of ether oxygens (including phenoxy) is 1. The summed E-state index contributed by atoms with van der Waals surface area (Å²) in [6.07, 6.45) is -1.76. The Morgan fingerprint density at radius 3 is 2.30 bits per heavy atom. The van der Waals surface area contributed by atoms with E-state index in [4.69, 9.17) is 4.74 Å². The van der Waals surface area contributed by atoms with E-state index in [-0.39, 0.29) is 6.10 Å². The van der Waals surface area contributed by atoms with Crippen molar-refractivity contribution in [2.75, 3.05) is 7.11 Å². The lowest BCUT2D eigenvalue weighted by atomic mass is 9.77. The Bertz CT molecular complexity index is 474. The van der Waals surface area contributed by atoms with Crippen LogP contribution in [0.25, 0.3) is 0 Å². The number of aliphatic hydroxyl groups is 1. The third-order valence-electron chi connectivity index (χ3n) is 4.15.